The molecule has 0 bridgehead atoms. The van der Waals surface area contributed by atoms with Gasteiger partial charge in [0.1, 0.15) is 5.69 Å². The molecule has 4 rings (SSSR count). The van der Waals surface area contributed by atoms with Gasteiger partial charge in [0, 0.05) is 50.0 Å². The Morgan fingerprint density at radius 3 is 2.92 bits per heavy atom. The van der Waals surface area contributed by atoms with Crippen LogP contribution in [-0.4, -0.2) is 40.6 Å². The van der Waals surface area contributed by atoms with Crippen LogP contribution in [0.1, 0.15) is 21.6 Å². The van der Waals surface area contributed by atoms with Crippen LogP contribution >= 0.6 is 0 Å². The third-order valence-corrected chi connectivity index (χ3v) is 4.79. The van der Waals surface area contributed by atoms with Crippen molar-refractivity contribution in [2.45, 2.75) is 19.5 Å². The molecule has 0 atom stereocenters. The first kappa shape index (κ1) is 15.8. The first-order chi connectivity index (χ1) is 12.3. The van der Waals surface area contributed by atoms with Crippen molar-refractivity contribution in [3.63, 3.8) is 0 Å². The van der Waals surface area contributed by atoms with Gasteiger partial charge in [-0.1, -0.05) is 18.2 Å². The molecular formula is C20H21N3O2. The highest BCUT2D eigenvalue weighted by atomic mass is 16.5. The van der Waals surface area contributed by atoms with Crippen molar-refractivity contribution in [3.8, 4) is 0 Å². The quantitative estimate of drug-likeness (QED) is 0.736. The van der Waals surface area contributed by atoms with Gasteiger partial charge in [0.15, 0.2) is 0 Å². The standard InChI is InChI=1S/C20H21N3O2/c1-25-12-11-22-13-16-8-10-23(20(24)17-6-2-3-9-21-17)14-15-5-4-7-18(22)19(15)16/h2-7,9,13H,8,10-12,14H2,1H3. The highest BCUT2D eigenvalue weighted by Crippen LogP contribution is 2.29. The van der Waals surface area contributed by atoms with E-state index in [0.717, 1.165) is 13.0 Å². The third-order valence-electron chi connectivity index (χ3n) is 4.79. The number of hydrogen-bond acceptors (Lipinski definition) is 3. The number of hydrogen-bond donors (Lipinski definition) is 0. The summed E-state index contributed by atoms with van der Waals surface area (Å²) in [6, 6.07) is 11.8. The fraction of sp³-hybridized carbons (Fsp3) is 0.300. The number of nitrogens with zero attached hydrogens (tertiary/aromatic N) is 3. The van der Waals surface area contributed by atoms with Gasteiger partial charge in [-0.25, -0.2) is 0 Å². The molecule has 3 aromatic rings. The zero-order valence-corrected chi connectivity index (χ0v) is 14.3. The van der Waals surface area contributed by atoms with Gasteiger partial charge in [0.05, 0.1) is 6.61 Å². The maximum Gasteiger partial charge on any atom is 0.272 e. The summed E-state index contributed by atoms with van der Waals surface area (Å²) in [5.41, 5.74) is 4.23. The molecule has 0 aliphatic carbocycles. The van der Waals surface area contributed by atoms with Crippen LogP contribution in [0.4, 0.5) is 0 Å². The maximum atomic E-state index is 12.8. The Morgan fingerprint density at radius 2 is 2.12 bits per heavy atom. The molecule has 0 saturated heterocycles. The maximum absolute atomic E-state index is 12.8. The lowest BCUT2D eigenvalue weighted by Crippen LogP contribution is -2.32. The topological polar surface area (TPSA) is 47.4 Å². The monoisotopic (exact) mass is 335 g/mol. The fourth-order valence-electron chi connectivity index (χ4n) is 3.58. The molecule has 0 saturated carbocycles. The van der Waals surface area contributed by atoms with Crippen molar-refractivity contribution in [3.05, 3.63) is 65.6 Å². The van der Waals surface area contributed by atoms with Crippen LogP contribution in [-0.2, 0) is 24.2 Å². The van der Waals surface area contributed by atoms with Crippen molar-refractivity contribution in [1.29, 1.82) is 0 Å². The second-order valence-electron chi connectivity index (χ2n) is 6.34. The molecular weight excluding hydrogens is 314 g/mol. The van der Waals surface area contributed by atoms with Gasteiger partial charge < -0.3 is 14.2 Å². The molecule has 0 unspecified atom stereocenters. The second-order valence-corrected chi connectivity index (χ2v) is 6.34. The van der Waals surface area contributed by atoms with Crippen molar-refractivity contribution in [2.75, 3.05) is 20.3 Å². The van der Waals surface area contributed by atoms with E-state index in [1.54, 1.807) is 19.4 Å². The van der Waals surface area contributed by atoms with Crippen LogP contribution in [0, 0.1) is 0 Å². The van der Waals surface area contributed by atoms with Crippen LogP contribution in [0.15, 0.2) is 48.8 Å². The van der Waals surface area contributed by atoms with E-state index in [4.69, 9.17) is 4.74 Å². The third kappa shape index (κ3) is 2.91. The van der Waals surface area contributed by atoms with E-state index in [1.165, 1.54) is 22.0 Å². The summed E-state index contributed by atoms with van der Waals surface area (Å²) in [5.74, 6) is -0.00462. The molecule has 5 heteroatoms. The van der Waals surface area contributed by atoms with E-state index in [9.17, 15) is 4.79 Å². The largest absolute Gasteiger partial charge is 0.383 e. The van der Waals surface area contributed by atoms with E-state index in [1.807, 2.05) is 17.0 Å². The Hall–Kier alpha value is -2.66. The van der Waals surface area contributed by atoms with Gasteiger partial charge in [0.2, 0.25) is 0 Å². The number of methoxy groups -OCH3 is 1. The number of pyridine rings is 1. The number of carbonyl (C=O) groups is 1. The zero-order chi connectivity index (χ0) is 17.2. The number of carbonyl (C=O) groups excluding carboxylic acids is 1. The van der Waals surface area contributed by atoms with Crippen molar-refractivity contribution < 1.29 is 9.53 Å². The Balaban J connectivity index is 1.68. The smallest absolute Gasteiger partial charge is 0.272 e. The van der Waals surface area contributed by atoms with Crippen LogP contribution in [0.5, 0.6) is 0 Å². The molecule has 1 aromatic carbocycles. The van der Waals surface area contributed by atoms with Crippen LogP contribution in [0.3, 0.4) is 0 Å². The number of benzene rings is 1. The molecule has 1 aliphatic heterocycles. The first-order valence-corrected chi connectivity index (χ1v) is 8.57. The van der Waals surface area contributed by atoms with Crippen molar-refractivity contribution in [1.82, 2.24) is 14.5 Å². The summed E-state index contributed by atoms with van der Waals surface area (Å²) in [5, 5.41) is 1.29. The van der Waals surface area contributed by atoms with Crippen LogP contribution in [0.2, 0.25) is 0 Å². The number of aromatic nitrogens is 2. The van der Waals surface area contributed by atoms with Gasteiger partial charge in [0.25, 0.3) is 5.91 Å². The molecule has 0 radical (unpaired) electrons. The minimum absolute atomic E-state index is 0.00462. The summed E-state index contributed by atoms with van der Waals surface area (Å²) in [6.07, 6.45) is 4.73. The van der Waals surface area contributed by atoms with E-state index >= 15 is 0 Å². The Morgan fingerprint density at radius 1 is 1.20 bits per heavy atom. The molecule has 0 N–H and O–H groups in total. The molecule has 0 fully saturated rings. The minimum Gasteiger partial charge on any atom is -0.383 e. The van der Waals surface area contributed by atoms with Gasteiger partial charge in [-0.15, -0.1) is 0 Å². The minimum atomic E-state index is -0.00462. The van der Waals surface area contributed by atoms with Gasteiger partial charge in [-0.05, 0) is 35.7 Å². The highest BCUT2D eigenvalue weighted by Gasteiger charge is 2.23. The molecule has 1 aliphatic rings. The lowest BCUT2D eigenvalue weighted by Gasteiger charge is -2.21. The average molecular weight is 335 g/mol. The number of amides is 1. The lowest BCUT2D eigenvalue weighted by molar-refractivity contribution is 0.0742. The van der Waals surface area contributed by atoms with Crippen LogP contribution < -0.4 is 0 Å². The van der Waals surface area contributed by atoms with Gasteiger partial charge in [-0.3, -0.25) is 9.78 Å². The Labute approximate surface area is 146 Å². The van der Waals surface area contributed by atoms with Crippen molar-refractivity contribution >= 4 is 16.8 Å². The summed E-state index contributed by atoms with van der Waals surface area (Å²) >= 11 is 0. The summed E-state index contributed by atoms with van der Waals surface area (Å²) in [4.78, 5) is 18.9. The molecule has 5 nitrogen and oxygen atoms in total. The zero-order valence-electron chi connectivity index (χ0n) is 14.3. The van der Waals surface area contributed by atoms with E-state index in [2.05, 4.69) is 33.9 Å². The molecule has 3 heterocycles. The molecule has 0 spiro atoms. The van der Waals surface area contributed by atoms with Crippen molar-refractivity contribution in [2.24, 2.45) is 0 Å². The number of rotatable bonds is 4. The van der Waals surface area contributed by atoms with E-state index in [-0.39, 0.29) is 5.91 Å². The first-order valence-electron chi connectivity index (χ1n) is 8.57. The van der Waals surface area contributed by atoms with Gasteiger partial charge >= 0.3 is 0 Å². The van der Waals surface area contributed by atoms with Crippen LogP contribution in [0.25, 0.3) is 10.9 Å². The molecule has 128 valence electrons. The lowest BCUT2D eigenvalue weighted by atomic mass is 10.1. The van der Waals surface area contributed by atoms with E-state index in [0.29, 0.717) is 25.4 Å². The summed E-state index contributed by atoms with van der Waals surface area (Å²) in [7, 11) is 1.72. The van der Waals surface area contributed by atoms with E-state index < -0.39 is 0 Å². The van der Waals surface area contributed by atoms with Gasteiger partial charge in [-0.2, -0.15) is 0 Å². The fourth-order valence-corrected chi connectivity index (χ4v) is 3.58. The predicted octanol–water partition coefficient (Wildman–Crippen LogP) is 2.88. The second kappa shape index (κ2) is 6.69. The Bertz CT molecular complexity index is 902. The normalized spacial score (nSPS) is 13.9. The number of ether oxygens (including phenoxy) is 1. The molecule has 2 aromatic heterocycles. The highest BCUT2D eigenvalue weighted by molar-refractivity contribution is 5.93. The Kier molecular flexibility index (Phi) is 4.24. The summed E-state index contributed by atoms with van der Waals surface area (Å²) < 4.78 is 7.48. The molecule has 25 heavy (non-hydrogen) atoms. The molecule has 1 amide bonds. The SMILES string of the molecule is COCCn1cc2c3c(cccc31)CN(C(=O)c1ccccn1)CC2. The predicted molar refractivity (Wildman–Crippen MR) is 96.5 cm³/mol. The summed E-state index contributed by atoms with van der Waals surface area (Å²) in [6.45, 7) is 2.85. The average Bonchev–Trinajstić information content (AvgIpc) is 2.90.